The van der Waals surface area contributed by atoms with E-state index in [1.54, 1.807) is 26.8 Å². The molecule has 0 aliphatic carbocycles. The summed E-state index contributed by atoms with van der Waals surface area (Å²) in [7, 11) is 0. The second kappa shape index (κ2) is 6.21. The van der Waals surface area contributed by atoms with E-state index in [1.807, 2.05) is 0 Å². The van der Waals surface area contributed by atoms with Crippen LogP contribution in [-0.2, 0) is 4.79 Å². The fourth-order valence-electron chi connectivity index (χ4n) is 1.66. The molecule has 0 saturated heterocycles. The number of nitrogens with one attached hydrogen (secondary N) is 2. The number of carbonyl (C=O) groups is 2. The van der Waals surface area contributed by atoms with Gasteiger partial charge in [0.25, 0.3) is 0 Å². The lowest BCUT2D eigenvalue weighted by atomic mass is 10.0. The Hall–Kier alpha value is -1.63. The first-order chi connectivity index (χ1) is 9.10. The summed E-state index contributed by atoms with van der Waals surface area (Å²) in [5.41, 5.74) is 0.108. The third-order valence-corrected chi connectivity index (χ3v) is 3.17. The lowest BCUT2D eigenvalue weighted by Gasteiger charge is -2.24. The number of carboxylic acid groups (broad SMARTS) is 1. The van der Waals surface area contributed by atoms with Gasteiger partial charge in [-0.3, -0.25) is 4.79 Å². The van der Waals surface area contributed by atoms with Crippen molar-refractivity contribution in [3.05, 3.63) is 28.0 Å². The highest BCUT2D eigenvalue weighted by molar-refractivity contribution is 9.10. The van der Waals surface area contributed by atoms with Gasteiger partial charge >= 0.3 is 12.0 Å². The van der Waals surface area contributed by atoms with Gasteiger partial charge in [-0.25, -0.2) is 9.18 Å². The van der Waals surface area contributed by atoms with E-state index in [-0.39, 0.29) is 6.42 Å². The third-order valence-electron chi connectivity index (χ3n) is 2.56. The van der Waals surface area contributed by atoms with Crippen LogP contribution in [-0.4, -0.2) is 22.6 Å². The minimum absolute atomic E-state index is 0.214. The van der Waals surface area contributed by atoms with Gasteiger partial charge in [0.2, 0.25) is 0 Å². The number of halogens is 2. The third kappa shape index (κ3) is 4.80. The van der Waals surface area contributed by atoms with Crippen LogP contribution in [0.3, 0.4) is 0 Å². The molecule has 5 nitrogen and oxygen atoms in total. The van der Waals surface area contributed by atoms with Crippen molar-refractivity contribution in [2.45, 2.75) is 32.7 Å². The number of urea groups is 1. The highest BCUT2D eigenvalue weighted by Gasteiger charge is 2.24. The molecule has 3 N–H and O–H groups in total. The largest absolute Gasteiger partial charge is 0.481 e. The molecule has 1 aromatic carbocycles. The van der Waals surface area contributed by atoms with E-state index in [2.05, 4.69) is 26.6 Å². The first kappa shape index (κ1) is 16.4. The fraction of sp³-hybridized carbons (Fsp3) is 0.385. The van der Waals surface area contributed by atoms with Crippen molar-refractivity contribution in [2.24, 2.45) is 0 Å². The predicted octanol–water partition coefficient (Wildman–Crippen LogP) is 3.27. The molecular weight excluding hydrogens is 331 g/mol. The average molecular weight is 347 g/mol. The molecular formula is C13H16BrFN2O3. The molecule has 0 spiro atoms. The highest BCUT2D eigenvalue weighted by atomic mass is 79.9. The number of carbonyl (C=O) groups excluding carboxylic acids is 1. The van der Waals surface area contributed by atoms with Crippen LogP contribution in [0.15, 0.2) is 16.6 Å². The van der Waals surface area contributed by atoms with Crippen LogP contribution in [0.1, 0.15) is 25.8 Å². The number of carboxylic acids is 1. The summed E-state index contributed by atoms with van der Waals surface area (Å²) in [6.07, 6.45) is -0.214. The Morgan fingerprint density at radius 1 is 1.40 bits per heavy atom. The number of benzene rings is 1. The number of hydrogen-bond acceptors (Lipinski definition) is 2. The van der Waals surface area contributed by atoms with Gasteiger partial charge in [0, 0.05) is 11.2 Å². The topological polar surface area (TPSA) is 78.4 Å². The molecule has 1 aromatic rings. The van der Waals surface area contributed by atoms with Gasteiger partial charge in [0.05, 0.1) is 10.9 Å². The molecule has 0 heterocycles. The van der Waals surface area contributed by atoms with Crippen LogP contribution in [0.25, 0.3) is 0 Å². The van der Waals surface area contributed by atoms with Gasteiger partial charge in [0.15, 0.2) is 0 Å². The van der Waals surface area contributed by atoms with Crippen LogP contribution in [0.2, 0.25) is 0 Å². The number of aliphatic carboxylic acids is 1. The van der Waals surface area contributed by atoms with Gasteiger partial charge in [-0.05, 0) is 54.4 Å². The van der Waals surface area contributed by atoms with Gasteiger partial charge in [-0.15, -0.1) is 0 Å². The van der Waals surface area contributed by atoms with Gasteiger partial charge < -0.3 is 15.7 Å². The number of hydrogen-bond donors (Lipinski definition) is 3. The van der Waals surface area contributed by atoms with E-state index in [0.29, 0.717) is 15.7 Å². The van der Waals surface area contributed by atoms with Crippen molar-refractivity contribution < 1.29 is 19.1 Å². The van der Waals surface area contributed by atoms with E-state index in [9.17, 15) is 14.0 Å². The smallest absolute Gasteiger partial charge is 0.319 e. The van der Waals surface area contributed by atoms with Gasteiger partial charge in [0.1, 0.15) is 5.82 Å². The van der Waals surface area contributed by atoms with Crippen LogP contribution in [0.5, 0.6) is 0 Å². The van der Waals surface area contributed by atoms with Crippen LogP contribution >= 0.6 is 15.9 Å². The summed E-state index contributed by atoms with van der Waals surface area (Å²) < 4.78 is 13.7. The number of anilines is 1. The molecule has 7 heteroatoms. The van der Waals surface area contributed by atoms with Crippen molar-refractivity contribution in [3.63, 3.8) is 0 Å². The molecule has 0 unspecified atom stereocenters. The van der Waals surface area contributed by atoms with E-state index >= 15 is 0 Å². The molecule has 0 atom stereocenters. The van der Waals surface area contributed by atoms with Crippen LogP contribution in [0, 0.1) is 12.7 Å². The molecule has 1 rings (SSSR count). The van der Waals surface area contributed by atoms with Crippen LogP contribution in [0.4, 0.5) is 14.9 Å². The lowest BCUT2D eigenvalue weighted by molar-refractivity contribution is -0.138. The van der Waals surface area contributed by atoms with Gasteiger partial charge in [-0.1, -0.05) is 0 Å². The van der Waals surface area contributed by atoms with Crippen molar-refractivity contribution in [2.75, 3.05) is 5.32 Å². The normalized spacial score (nSPS) is 11.1. The average Bonchev–Trinajstić information content (AvgIpc) is 2.22. The number of rotatable bonds is 4. The van der Waals surface area contributed by atoms with Crippen molar-refractivity contribution >= 4 is 33.6 Å². The maximum absolute atomic E-state index is 13.4. The second-order valence-corrected chi connectivity index (χ2v) is 5.97. The Kier molecular flexibility index (Phi) is 5.10. The van der Waals surface area contributed by atoms with E-state index < -0.39 is 23.4 Å². The van der Waals surface area contributed by atoms with E-state index in [1.165, 1.54) is 6.07 Å². The highest BCUT2D eigenvalue weighted by Crippen LogP contribution is 2.24. The molecule has 0 aliphatic heterocycles. The minimum atomic E-state index is -1.01. The zero-order valence-corrected chi connectivity index (χ0v) is 13.0. The molecule has 20 heavy (non-hydrogen) atoms. The second-order valence-electron chi connectivity index (χ2n) is 5.11. The number of amides is 2. The van der Waals surface area contributed by atoms with Gasteiger partial charge in [-0.2, -0.15) is 0 Å². The van der Waals surface area contributed by atoms with E-state index in [4.69, 9.17) is 5.11 Å². The number of aryl methyl sites for hydroxylation is 1. The quantitative estimate of drug-likeness (QED) is 0.782. The maximum atomic E-state index is 13.4. The summed E-state index contributed by atoms with van der Waals surface area (Å²) in [4.78, 5) is 22.5. The molecule has 0 aromatic heterocycles. The van der Waals surface area contributed by atoms with Crippen molar-refractivity contribution in [3.8, 4) is 0 Å². The Labute approximate surface area is 124 Å². The first-order valence-electron chi connectivity index (χ1n) is 5.87. The predicted molar refractivity (Wildman–Crippen MR) is 77.3 cm³/mol. The molecule has 0 aliphatic rings. The molecule has 2 amide bonds. The van der Waals surface area contributed by atoms with E-state index in [0.717, 1.165) is 0 Å². The molecule has 110 valence electrons. The summed E-state index contributed by atoms with van der Waals surface area (Å²) in [5.74, 6) is -1.50. The first-order valence-corrected chi connectivity index (χ1v) is 6.66. The SMILES string of the molecule is Cc1cc(Br)c(F)cc1NC(=O)NC(C)(C)CC(=O)O. The zero-order valence-electron chi connectivity index (χ0n) is 11.4. The minimum Gasteiger partial charge on any atom is -0.481 e. The van der Waals surface area contributed by atoms with Crippen LogP contribution < -0.4 is 10.6 Å². The summed E-state index contributed by atoms with van der Waals surface area (Å²) in [6.45, 7) is 4.91. The Bertz CT molecular complexity index is 547. The summed E-state index contributed by atoms with van der Waals surface area (Å²) >= 11 is 3.05. The fourth-order valence-corrected chi connectivity index (χ4v) is 2.12. The maximum Gasteiger partial charge on any atom is 0.319 e. The molecule has 0 radical (unpaired) electrons. The summed E-state index contributed by atoms with van der Waals surface area (Å²) in [5, 5.41) is 13.8. The Morgan fingerprint density at radius 2 is 2.00 bits per heavy atom. The molecule has 0 saturated carbocycles. The van der Waals surface area contributed by atoms with Crippen molar-refractivity contribution in [1.29, 1.82) is 0 Å². The molecule has 0 bridgehead atoms. The molecule has 0 fully saturated rings. The Morgan fingerprint density at radius 3 is 2.55 bits per heavy atom. The summed E-state index contributed by atoms with van der Waals surface area (Å²) in [6, 6.07) is 2.16. The lowest BCUT2D eigenvalue weighted by Crippen LogP contribution is -2.46. The van der Waals surface area contributed by atoms with Crippen molar-refractivity contribution in [1.82, 2.24) is 5.32 Å². The zero-order chi connectivity index (χ0) is 15.5. The Balaban J connectivity index is 2.77. The monoisotopic (exact) mass is 346 g/mol. The standard InChI is InChI=1S/C13H16BrFN2O3/c1-7-4-8(14)9(15)5-10(7)16-12(20)17-13(2,3)6-11(18)19/h4-5H,6H2,1-3H3,(H,18,19)(H2,16,17,20).